The molecule has 0 radical (unpaired) electrons. The molecule has 0 bridgehead atoms. The van der Waals surface area contributed by atoms with Crippen molar-refractivity contribution in [3.05, 3.63) is 115 Å². The monoisotopic (exact) mass is 1190 g/mol. The molecule has 0 amide bonds. The van der Waals surface area contributed by atoms with E-state index in [1.54, 1.807) is 23.5 Å². The number of esters is 2. The number of thioether (sulfide) groups is 2. The molecule has 0 saturated carbocycles. The van der Waals surface area contributed by atoms with Crippen LogP contribution in [0.4, 0.5) is 0 Å². The Kier molecular flexibility index (Phi) is 22.9. The quantitative estimate of drug-likeness (QED) is 0.0472. The van der Waals surface area contributed by atoms with Crippen LogP contribution >= 0.6 is 23.5 Å². The summed E-state index contributed by atoms with van der Waals surface area (Å²) in [6.07, 6.45) is 2.98. The van der Waals surface area contributed by atoms with E-state index >= 15 is 0 Å². The van der Waals surface area contributed by atoms with Crippen LogP contribution in [-0.2, 0) is 88.1 Å². The summed E-state index contributed by atoms with van der Waals surface area (Å²) in [7, 11) is 0. The second-order valence-electron chi connectivity index (χ2n) is 33.5. The Morgan fingerprint density at radius 1 is 0.310 bits per heavy atom. The number of rotatable bonds is 21. The van der Waals surface area contributed by atoms with Gasteiger partial charge in [0.2, 0.25) is 0 Å². The van der Waals surface area contributed by atoms with Gasteiger partial charge in [0.15, 0.2) is 0 Å². The highest BCUT2D eigenvalue weighted by atomic mass is 32.2. The fraction of sp³-hybridized carbons (Fsp3) is 0.649. The Morgan fingerprint density at radius 3 is 0.631 bits per heavy atom. The lowest BCUT2D eigenvalue weighted by Gasteiger charge is -2.34. The number of carbonyl (C=O) groups excluding carboxylic acids is 2. The Labute approximate surface area is 519 Å². The van der Waals surface area contributed by atoms with Crippen molar-refractivity contribution in [1.29, 1.82) is 0 Å². The zero-order valence-corrected chi connectivity index (χ0v) is 59.0. The van der Waals surface area contributed by atoms with Gasteiger partial charge in [0.25, 0.3) is 0 Å². The van der Waals surface area contributed by atoms with Crippen molar-refractivity contribution in [3.8, 4) is 23.0 Å². The van der Waals surface area contributed by atoms with E-state index in [0.717, 1.165) is 78.3 Å². The minimum absolute atomic E-state index is 0.203. The van der Waals surface area contributed by atoms with E-state index in [0.29, 0.717) is 60.2 Å². The van der Waals surface area contributed by atoms with Gasteiger partial charge < -0.3 is 29.9 Å². The number of carbonyl (C=O) groups is 2. The van der Waals surface area contributed by atoms with Crippen LogP contribution in [0.15, 0.2) is 48.5 Å². The fourth-order valence-corrected chi connectivity index (χ4v) is 13.3. The molecule has 0 fully saturated rings. The van der Waals surface area contributed by atoms with E-state index in [1.165, 1.54) is 0 Å². The van der Waals surface area contributed by atoms with Gasteiger partial charge in [-0.25, -0.2) is 0 Å². The summed E-state index contributed by atoms with van der Waals surface area (Å²) in [5.41, 5.74) is 8.02. The van der Waals surface area contributed by atoms with E-state index in [4.69, 9.17) is 9.47 Å². The molecular weight excluding hydrogens is 1080 g/mol. The third-order valence-electron chi connectivity index (χ3n) is 16.1. The molecule has 4 aromatic carbocycles. The van der Waals surface area contributed by atoms with Crippen LogP contribution in [0.1, 0.15) is 260 Å². The van der Waals surface area contributed by atoms with E-state index in [9.17, 15) is 30.0 Å². The number of benzene rings is 4. The van der Waals surface area contributed by atoms with Crippen molar-refractivity contribution >= 4 is 35.5 Å². The van der Waals surface area contributed by atoms with E-state index in [2.05, 4.69) is 229 Å². The van der Waals surface area contributed by atoms with Crippen molar-refractivity contribution in [2.75, 3.05) is 36.2 Å². The highest BCUT2D eigenvalue weighted by molar-refractivity contribution is 8.02. The minimum Gasteiger partial charge on any atom is -0.507 e. The van der Waals surface area contributed by atoms with E-state index in [1.807, 2.05) is 0 Å². The Balaban J connectivity index is 1.46. The predicted molar refractivity (Wildman–Crippen MR) is 359 cm³/mol. The lowest BCUT2D eigenvalue weighted by Crippen LogP contribution is -2.31. The number of phenolic OH excluding ortho intramolecular Hbond substituents is 4. The third-order valence-corrected chi connectivity index (χ3v) is 18.3. The molecule has 0 aliphatic heterocycles. The van der Waals surface area contributed by atoms with Crippen LogP contribution in [0.5, 0.6) is 23.0 Å². The summed E-state index contributed by atoms with van der Waals surface area (Å²) >= 11 is 3.41. The summed E-state index contributed by atoms with van der Waals surface area (Å²) in [4.78, 5) is 27.3. The second-order valence-corrected chi connectivity index (χ2v) is 36.0. The molecule has 470 valence electrons. The molecule has 0 aliphatic rings. The first kappa shape index (κ1) is 72.2. The summed E-state index contributed by atoms with van der Waals surface area (Å²) in [6.45, 7) is 55.8. The van der Waals surface area contributed by atoms with Crippen LogP contribution in [0.25, 0.3) is 0 Å². The molecule has 10 heteroatoms. The van der Waals surface area contributed by atoms with Gasteiger partial charge in [-0.2, -0.15) is 23.5 Å². The summed E-state index contributed by atoms with van der Waals surface area (Å²) in [5, 5.41) is 46.5. The molecule has 0 unspecified atom stereocenters. The molecule has 0 aromatic heterocycles. The van der Waals surface area contributed by atoms with Crippen LogP contribution in [-0.4, -0.2) is 68.6 Å². The fourth-order valence-electron chi connectivity index (χ4n) is 11.3. The van der Waals surface area contributed by atoms with Gasteiger partial charge in [-0.3, -0.25) is 9.59 Å². The zero-order valence-electron chi connectivity index (χ0n) is 57.3. The lowest BCUT2D eigenvalue weighted by molar-refractivity contribution is -0.147. The molecule has 84 heavy (non-hydrogen) atoms. The first-order valence-electron chi connectivity index (χ1n) is 30.8. The molecule has 4 rings (SSSR count). The van der Waals surface area contributed by atoms with Crippen LogP contribution in [0, 0.1) is 10.8 Å². The van der Waals surface area contributed by atoms with Gasteiger partial charge in [0.05, 0.1) is 26.1 Å². The Hall–Kier alpha value is -4.28. The number of hydrogen-bond acceptors (Lipinski definition) is 10. The van der Waals surface area contributed by atoms with Crippen LogP contribution in [0.3, 0.4) is 0 Å². The van der Waals surface area contributed by atoms with Gasteiger partial charge in [-0.15, -0.1) is 0 Å². The van der Waals surface area contributed by atoms with Gasteiger partial charge in [0.1, 0.15) is 23.0 Å². The normalized spacial score (nSPS) is 13.6. The minimum atomic E-state index is -0.528. The number of hydrogen-bond donors (Lipinski definition) is 4. The molecule has 4 N–H and O–H groups in total. The van der Waals surface area contributed by atoms with E-state index in [-0.39, 0.29) is 81.3 Å². The Bertz CT molecular complexity index is 2420. The van der Waals surface area contributed by atoms with Crippen molar-refractivity contribution in [2.45, 2.75) is 262 Å². The maximum atomic E-state index is 13.6. The van der Waals surface area contributed by atoms with Crippen molar-refractivity contribution in [3.63, 3.8) is 0 Å². The largest absolute Gasteiger partial charge is 0.507 e. The number of ether oxygens (including phenoxy) is 2. The zero-order chi connectivity index (χ0) is 64.4. The average Bonchev–Trinajstić information content (AvgIpc) is 1.79. The summed E-state index contributed by atoms with van der Waals surface area (Å²) < 4.78 is 12.5. The van der Waals surface area contributed by atoms with Crippen LogP contribution < -0.4 is 0 Å². The number of aromatic hydroxyl groups is 4. The highest BCUT2D eigenvalue weighted by Gasteiger charge is 2.37. The van der Waals surface area contributed by atoms with Crippen molar-refractivity contribution < 1.29 is 39.5 Å². The molecule has 0 heterocycles. The maximum Gasteiger partial charge on any atom is 0.306 e. The summed E-state index contributed by atoms with van der Waals surface area (Å²) in [6, 6.07) is 17.0. The summed E-state index contributed by atoms with van der Waals surface area (Å²) in [5.74, 6) is 3.74. The second kappa shape index (κ2) is 26.6. The third kappa shape index (κ3) is 20.1. The van der Waals surface area contributed by atoms with E-state index < -0.39 is 10.8 Å². The molecule has 0 atom stereocenters. The highest BCUT2D eigenvalue weighted by Crippen LogP contribution is 2.47. The predicted octanol–water partition coefficient (Wildman–Crippen LogP) is 18.5. The first-order chi connectivity index (χ1) is 37.9. The molecule has 0 aliphatic carbocycles. The smallest absolute Gasteiger partial charge is 0.306 e. The first-order valence-corrected chi connectivity index (χ1v) is 33.1. The maximum absolute atomic E-state index is 13.6. The molecule has 8 nitrogen and oxygen atoms in total. The number of phenols is 4. The SMILES string of the molecule is CC(COC(=O)CCSCCSCCC(=O)OCC(C)(Cc1cc(C(C)(C)C)c(O)c(C(C)(C)C)c1)Cc1cc(C(C)(C)C)c(O)c(C(C)(C)C)c1)(Cc1cc(C(C)(C)C)c(O)c(C(C)(C)C)c1)Cc1cc(C(C)(C)C)c(O)c(C(C)(C)C)c1. The molecule has 0 spiro atoms. The molecular formula is C74H114O8S2. The van der Waals surface area contributed by atoms with Gasteiger partial charge >= 0.3 is 11.9 Å². The van der Waals surface area contributed by atoms with Crippen molar-refractivity contribution in [2.24, 2.45) is 10.8 Å². The Morgan fingerprint density at radius 2 is 0.476 bits per heavy atom. The van der Waals surface area contributed by atoms with Gasteiger partial charge in [-0.05, 0) is 136 Å². The topological polar surface area (TPSA) is 134 Å². The van der Waals surface area contributed by atoms with Crippen molar-refractivity contribution in [1.82, 2.24) is 0 Å². The molecule has 0 saturated heterocycles. The standard InChI is InChI=1S/C74H114O8S2/c1-65(2,3)51-33-47(34-52(61(51)77)66(4,5)6)41-73(25,42-48-35-53(67(7,8)9)62(78)54(36-48)68(10,11)12)45-81-59(75)27-29-83-31-32-84-30-28-60(76)82-46-74(26,43-49-37-55(69(13,14)15)63(79)56(38-49)70(16,17)18)44-50-39-57(71(19,20)21)64(80)58(40-50)72(22,23)24/h33-40,77-80H,27-32,41-46H2,1-26H3. The van der Waals surface area contributed by atoms with Gasteiger partial charge in [0, 0.05) is 33.8 Å². The van der Waals surface area contributed by atoms with Crippen LogP contribution in [0.2, 0.25) is 0 Å². The average molecular weight is 1200 g/mol. The lowest BCUT2D eigenvalue weighted by atomic mass is 9.73. The van der Waals surface area contributed by atoms with Gasteiger partial charge in [-0.1, -0.05) is 229 Å². The molecule has 4 aromatic rings.